The highest BCUT2D eigenvalue weighted by Crippen LogP contribution is 2.38. The molecule has 1 aliphatic rings. The van der Waals surface area contributed by atoms with Crippen LogP contribution in [0.1, 0.15) is 140 Å². The van der Waals surface area contributed by atoms with Gasteiger partial charge in [-0.2, -0.15) is 12.6 Å². The number of piperidine rings is 1. The molecule has 0 saturated carbocycles. The monoisotopic (exact) mass is 1010 g/mol. The second-order valence-corrected chi connectivity index (χ2v) is 22.1. The number of carboxylic acid groups (broad SMARTS) is 1. The molecule has 2 aromatic rings. The Morgan fingerprint density at radius 2 is 1.75 bits per heavy atom. The molecule has 7 atom stereocenters. The first-order valence-electron chi connectivity index (χ1n) is 22.9. The number of carbonyl (C=O) groups is 7. The molecule has 3 rings (SSSR count). The molecule has 1 fully saturated rings. The molecule has 1 unspecified atom stereocenters. The zero-order valence-corrected chi connectivity index (χ0v) is 43.3. The van der Waals surface area contributed by atoms with E-state index in [1.807, 2.05) is 48.6 Å². The highest BCUT2D eigenvalue weighted by Gasteiger charge is 2.38. The fourth-order valence-electron chi connectivity index (χ4n) is 8.11. The van der Waals surface area contributed by atoms with E-state index >= 15 is 0 Å². The lowest BCUT2D eigenvalue weighted by molar-refractivity contribution is -0.149. The lowest BCUT2D eigenvalue weighted by Crippen LogP contribution is -2.48. The van der Waals surface area contributed by atoms with E-state index in [1.165, 1.54) is 37.4 Å². The number of benzene rings is 1. The van der Waals surface area contributed by atoms with Gasteiger partial charge in [0.05, 0.1) is 17.6 Å². The van der Waals surface area contributed by atoms with Crippen LogP contribution in [0.4, 0.5) is 10.5 Å². The van der Waals surface area contributed by atoms with Crippen molar-refractivity contribution < 1.29 is 67.0 Å². The normalized spacial score (nSPS) is 17.2. The zero-order valence-electron chi connectivity index (χ0n) is 40.7. The number of carbonyl (C=O) groups excluding carboxylic acids is 6. The van der Waals surface area contributed by atoms with Crippen LogP contribution in [-0.2, 0) is 44.2 Å². The van der Waals surface area contributed by atoms with Gasteiger partial charge in [-0.25, -0.2) is 14.3 Å². The fraction of sp³-hybridized carbons (Fsp3) is 0.652. The Balaban J connectivity index is 1.91. The second kappa shape index (κ2) is 26.0. The van der Waals surface area contributed by atoms with Crippen molar-refractivity contribution in [2.75, 3.05) is 26.0 Å². The summed E-state index contributed by atoms with van der Waals surface area (Å²) in [6, 6.07) is 2.56. The molecular formula is C46H70N5O14PS2. The van der Waals surface area contributed by atoms with E-state index in [1.54, 1.807) is 11.9 Å². The van der Waals surface area contributed by atoms with E-state index in [4.69, 9.17) is 19.3 Å². The van der Waals surface area contributed by atoms with Crippen molar-refractivity contribution in [2.45, 2.75) is 149 Å². The number of phosphoric acid groups is 1. The molecular weight excluding hydrogens is 942 g/mol. The SMILES string of the molecule is CC[C@H](C)[C@H](CC(=O)[C@H]1CCCCN1C)C(=O)N(C)[C@H](C[C@@H](OC(C)=O)c1nc(C(=O)N[C@@H](Cc2ccc(OC(=O)OP(=O)(O)O)c(NC(=O)CCC(C)(C)S)c2)CC(C)C(=O)O)cs1)C(C)C. The third-order valence-electron chi connectivity index (χ3n) is 12.2. The van der Waals surface area contributed by atoms with E-state index < -0.39 is 72.5 Å². The third-order valence-corrected chi connectivity index (χ3v) is 13.7. The van der Waals surface area contributed by atoms with Crippen molar-refractivity contribution in [3.8, 4) is 5.75 Å². The molecule has 0 radical (unpaired) electrons. The number of nitrogens with zero attached hydrogens (tertiary/aromatic N) is 3. The van der Waals surface area contributed by atoms with Crippen LogP contribution in [0.25, 0.3) is 0 Å². The summed E-state index contributed by atoms with van der Waals surface area (Å²) >= 11 is 5.52. The molecule has 1 aromatic heterocycles. The number of aliphatic carboxylic acids is 1. The van der Waals surface area contributed by atoms with Gasteiger partial charge in [0.2, 0.25) is 11.8 Å². The second-order valence-electron chi connectivity index (χ2n) is 18.8. The van der Waals surface area contributed by atoms with Crippen LogP contribution in [0.3, 0.4) is 0 Å². The summed E-state index contributed by atoms with van der Waals surface area (Å²) in [6.07, 6.45) is 1.29. The number of thiol groups is 1. The van der Waals surface area contributed by atoms with Crippen molar-refractivity contribution in [3.05, 3.63) is 39.8 Å². The quantitative estimate of drug-likeness (QED) is 0.0248. The first kappa shape index (κ1) is 57.9. The molecule has 3 amide bonds. The number of hydrogen-bond donors (Lipinski definition) is 6. The summed E-state index contributed by atoms with van der Waals surface area (Å²) < 4.78 is 25.6. The number of carboxylic acids is 1. The van der Waals surface area contributed by atoms with Gasteiger partial charge >= 0.3 is 25.9 Å². The zero-order chi connectivity index (χ0) is 51.3. The standard InChI is InChI=1S/C46H70N5O14PS2/c1-11-27(4)32(23-37(53)35-14-12-13-19-50(35)9)43(56)51(10)36(26(2)3)24-39(63-29(6)52)42-49-34(25-68-42)41(55)47-31(20-28(5)44(57)58)21-30-15-16-38(64-45(59)65-66(60,61)62)33(22-30)48-40(54)17-18-46(7,8)67/h15-16,22,25-28,31-32,35-36,39,67H,11-14,17-21,23-24H2,1-10H3,(H,47,55)(H,48,54)(H,57,58)(H2,60,61,62)/t27-,28?,31+,32-,35+,36+,39+/m0/s1. The number of ketones is 1. The highest BCUT2D eigenvalue weighted by atomic mass is 32.1. The molecule has 0 spiro atoms. The van der Waals surface area contributed by atoms with Gasteiger partial charge in [-0.05, 0) is 75.2 Å². The number of esters is 1. The predicted molar refractivity (Wildman–Crippen MR) is 258 cm³/mol. The maximum atomic E-state index is 14.4. The Bertz CT molecular complexity index is 2140. The Morgan fingerprint density at radius 1 is 1.07 bits per heavy atom. The van der Waals surface area contributed by atoms with Gasteiger partial charge in [-0.15, -0.1) is 11.3 Å². The minimum atomic E-state index is -5.28. The van der Waals surface area contributed by atoms with Crippen molar-refractivity contribution in [2.24, 2.45) is 23.7 Å². The summed E-state index contributed by atoms with van der Waals surface area (Å²) in [5.74, 6) is -5.03. The molecule has 1 saturated heterocycles. The number of amides is 3. The van der Waals surface area contributed by atoms with E-state index in [0.29, 0.717) is 18.4 Å². The van der Waals surface area contributed by atoms with Crippen LogP contribution in [0, 0.1) is 23.7 Å². The maximum Gasteiger partial charge on any atom is 0.529 e. The predicted octanol–water partition coefficient (Wildman–Crippen LogP) is 7.21. The van der Waals surface area contributed by atoms with Gasteiger partial charge < -0.3 is 34.6 Å². The van der Waals surface area contributed by atoms with E-state index in [-0.39, 0.29) is 83.8 Å². The minimum Gasteiger partial charge on any atom is -0.481 e. The van der Waals surface area contributed by atoms with Crippen LogP contribution in [0.15, 0.2) is 23.6 Å². The first-order valence-corrected chi connectivity index (χ1v) is 25.7. The highest BCUT2D eigenvalue weighted by molar-refractivity contribution is 7.81. The summed E-state index contributed by atoms with van der Waals surface area (Å²) in [5, 5.41) is 17.1. The first-order chi connectivity index (χ1) is 31.6. The largest absolute Gasteiger partial charge is 0.529 e. The number of likely N-dealkylation sites (tertiary alicyclic amines) is 1. The fourth-order valence-corrected chi connectivity index (χ4v) is 9.29. The molecule has 22 heteroatoms. The van der Waals surface area contributed by atoms with Crippen molar-refractivity contribution >= 4 is 79.1 Å². The molecule has 5 N–H and O–H groups in total. The van der Waals surface area contributed by atoms with E-state index in [2.05, 4.69) is 37.7 Å². The average Bonchev–Trinajstić information content (AvgIpc) is 3.73. The number of likely N-dealkylation sites (N-methyl/N-ethyl adjacent to an activating group) is 1. The van der Waals surface area contributed by atoms with Crippen LogP contribution < -0.4 is 15.4 Å². The smallest absolute Gasteiger partial charge is 0.481 e. The Hall–Kier alpha value is -4.40. The summed E-state index contributed by atoms with van der Waals surface area (Å²) in [4.78, 5) is 118. The summed E-state index contributed by atoms with van der Waals surface area (Å²) in [6.45, 7) is 15.0. The topological polar surface area (TPSA) is 268 Å². The summed E-state index contributed by atoms with van der Waals surface area (Å²) in [5.41, 5.74) is 0.311. The van der Waals surface area contributed by atoms with Crippen molar-refractivity contribution in [1.29, 1.82) is 0 Å². The van der Waals surface area contributed by atoms with Gasteiger partial charge in [0, 0.05) is 61.4 Å². The van der Waals surface area contributed by atoms with Gasteiger partial charge in [0.15, 0.2) is 17.6 Å². The molecule has 2 heterocycles. The Morgan fingerprint density at radius 3 is 2.32 bits per heavy atom. The maximum absolute atomic E-state index is 14.4. The molecule has 1 aliphatic heterocycles. The number of anilines is 1. The molecule has 0 aliphatic carbocycles. The van der Waals surface area contributed by atoms with E-state index in [0.717, 1.165) is 37.1 Å². The lowest BCUT2D eigenvalue weighted by atomic mass is 9.83. The van der Waals surface area contributed by atoms with Gasteiger partial charge in [0.25, 0.3) is 5.91 Å². The average molecular weight is 1010 g/mol. The third kappa shape index (κ3) is 18.8. The summed E-state index contributed by atoms with van der Waals surface area (Å²) in [7, 11) is -1.63. The number of thiazole rings is 1. The molecule has 380 valence electrons. The Labute approximate surface area is 408 Å². The number of Topliss-reactive ketones (excluding diaryl/α,β-unsaturated/α-hetero) is 1. The number of aromatic nitrogens is 1. The van der Waals surface area contributed by atoms with Gasteiger partial charge in [-0.3, -0.25) is 43.5 Å². The number of ether oxygens (including phenoxy) is 2. The number of nitrogens with one attached hydrogen (secondary N) is 2. The van der Waals surface area contributed by atoms with Gasteiger partial charge in [-0.1, -0.05) is 67.4 Å². The lowest BCUT2D eigenvalue weighted by Gasteiger charge is -2.37. The van der Waals surface area contributed by atoms with Crippen LogP contribution in [-0.4, -0.2) is 115 Å². The molecule has 68 heavy (non-hydrogen) atoms. The minimum absolute atomic E-state index is 0.00217. The van der Waals surface area contributed by atoms with E-state index in [9.17, 15) is 43.2 Å². The van der Waals surface area contributed by atoms with Gasteiger partial charge in [0.1, 0.15) is 10.7 Å². The number of hydrogen-bond acceptors (Lipinski definition) is 15. The number of phosphoric ester groups is 1. The van der Waals surface area contributed by atoms with Crippen LogP contribution in [0.2, 0.25) is 0 Å². The molecule has 19 nitrogen and oxygen atoms in total. The van der Waals surface area contributed by atoms with Crippen molar-refractivity contribution in [3.63, 3.8) is 0 Å². The number of rotatable bonds is 25. The Kier molecular flexibility index (Phi) is 22.1. The van der Waals surface area contributed by atoms with Crippen LogP contribution in [0.5, 0.6) is 5.75 Å². The van der Waals surface area contributed by atoms with Crippen LogP contribution >= 0.6 is 31.8 Å². The molecule has 1 aromatic carbocycles. The molecule has 0 bridgehead atoms. The van der Waals surface area contributed by atoms with Crippen molar-refractivity contribution in [1.82, 2.24) is 20.1 Å².